The van der Waals surface area contributed by atoms with E-state index in [1.165, 1.54) is 4.90 Å². The summed E-state index contributed by atoms with van der Waals surface area (Å²) >= 11 is 11.9. The average molecular weight is 349 g/mol. The molecule has 0 saturated carbocycles. The molecule has 0 aliphatic carbocycles. The molecule has 23 heavy (non-hydrogen) atoms. The Morgan fingerprint density at radius 1 is 1.22 bits per heavy atom. The number of carbonyl (C=O) groups excluding carboxylic acids is 1. The van der Waals surface area contributed by atoms with Gasteiger partial charge in [-0.1, -0.05) is 29.3 Å². The fraction of sp³-hybridized carbons (Fsp3) is 0.176. The van der Waals surface area contributed by atoms with Gasteiger partial charge in [0.25, 0.3) is 5.91 Å². The first kappa shape index (κ1) is 17.1. The summed E-state index contributed by atoms with van der Waals surface area (Å²) < 4.78 is 5.42. The van der Waals surface area contributed by atoms with Crippen LogP contribution in [0.4, 0.5) is 0 Å². The van der Waals surface area contributed by atoms with E-state index in [4.69, 9.17) is 33.2 Å². The van der Waals surface area contributed by atoms with Gasteiger partial charge in [0.1, 0.15) is 5.75 Å². The zero-order valence-electron chi connectivity index (χ0n) is 12.4. The molecule has 0 atom stereocenters. The van der Waals surface area contributed by atoms with Gasteiger partial charge in [-0.3, -0.25) is 4.79 Å². The molecule has 1 amide bonds. The van der Waals surface area contributed by atoms with Crippen LogP contribution in [-0.2, 0) is 11.3 Å². The predicted octanol–water partition coefficient (Wildman–Crippen LogP) is 3.90. The first-order valence-corrected chi connectivity index (χ1v) is 7.56. The standard InChI is InChI=1S/C17H14Cl2N2O2/c1-21(10-13-4-5-14(18)8-16(13)19)17(22)11-23-15-6-2-12(9-20)3-7-15/h2-8H,10-11H2,1H3. The molecule has 0 unspecified atom stereocenters. The van der Waals surface area contributed by atoms with Gasteiger partial charge in [0.2, 0.25) is 0 Å². The van der Waals surface area contributed by atoms with E-state index in [0.29, 0.717) is 27.9 Å². The van der Waals surface area contributed by atoms with Crippen molar-refractivity contribution in [2.75, 3.05) is 13.7 Å². The topological polar surface area (TPSA) is 53.3 Å². The summed E-state index contributed by atoms with van der Waals surface area (Å²) in [5.74, 6) is 0.357. The van der Waals surface area contributed by atoms with Crippen molar-refractivity contribution in [3.63, 3.8) is 0 Å². The van der Waals surface area contributed by atoms with Gasteiger partial charge in [0, 0.05) is 23.6 Å². The minimum atomic E-state index is -0.180. The van der Waals surface area contributed by atoms with Crippen molar-refractivity contribution < 1.29 is 9.53 Å². The molecular weight excluding hydrogens is 335 g/mol. The smallest absolute Gasteiger partial charge is 0.260 e. The van der Waals surface area contributed by atoms with Gasteiger partial charge in [-0.25, -0.2) is 0 Å². The predicted molar refractivity (Wildman–Crippen MR) is 89.6 cm³/mol. The minimum Gasteiger partial charge on any atom is -0.484 e. The van der Waals surface area contributed by atoms with E-state index < -0.39 is 0 Å². The van der Waals surface area contributed by atoms with Crippen LogP contribution in [0, 0.1) is 11.3 Å². The molecule has 0 aliphatic heterocycles. The lowest BCUT2D eigenvalue weighted by Crippen LogP contribution is -2.31. The van der Waals surface area contributed by atoms with E-state index in [0.717, 1.165) is 5.56 Å². The molecule has 0 aromatic heterocycles. The molecule has 2 rings (SSSR count). The fourth-order valence-electron chi connectivity index (χ4n) is 1.87. The second-order valence-electron chi connectivity index (χ2n) is 4.91. The Bertz CT molecular complexity index is 739. The number of amides is 1. The molecule has 0 spiro atoms. The molecule has 0 saturated heterocycles. The highest BCUT2D eigenvalue weighted by molar-refractivity contribution is 6.35. The van der Waals surface area contributed by atoms with E-state index in [1.54, 1.807) is 49.5 Å². The average Bonchev–Trinajstić information content (AvgIpc) is 2.55. The Labute approximate surface area is 144 Å². The van der Waals surface area contributed by atoms with Gasteiger partial charge in [-0.05, 0) is 42.0 Å². The lowest BCUT2D eigenvalue weighted by atomic mass is 10.2. The Balaban J connectivity index is 1.90. The van der Waals surface area contributed by atoms with Crippen molar-refractivity contribution in [1.29, 1.82) is 5.26 Å². The number of hydrogen-bond acceptors (Lipinski definition) is 3. The molecule has 0 radical (unpaired) electrons. The van der Waals surface area contributed by atoms with Crippen molar-refractivity contribution in [1.82, 2.24) is 4.90 Å². The maximum absolute atomic E-state index is 12.1. The highest BCUT2D eigenvalue weighted by Gasteiger charge is 2.12. The largest absolute Gasteiger partial charge is 0.484 e. The van der Waals surface area contributed by atoms with Gasteiger partial charge >= 0.3 is 0 Å². The zero-order valence-corrected chi connectivity index (χ0v) is 13.9. The second-order valence-corrected chi connectivity index (χ2v) is 5.75. The third-order valence-corrected chi connectivity index (χ3v) is 3.78. The Morgan fingerprint density at radius 3 is 2.52 bits per heavy atom. The van der Waals surface area contributed by atoms with E-state index in [2.05, 4.69) is 0 Å². The number of nitriles is 1. The van der Waals surface area contributed by atoms with Crippen LogP contribution in [0.15, 0.2) is 42.5 Å². The fourth-order valence-corrected chi connectivity index (χ4v) is 2.34. The Kier molecular flexibility index (Phi) is 5.86. The Morgan fingerprint density at radius 2 is 1.91 bits per heavy atom. The molecule has 4 nitrogen and oxygen atoms in total. The summed E-state index contributed by atoms with van der Waals surface area (Å²) in [5, 5.41) is 9.80. The lowest BCUT2D eigenvalue weighted by molar-refractivity contribution is -0.132. The van der Waals surface area contributed by atoms with Crippen LogP contribution in [0.1, 0.15) is 11.1 Å². The lowest BCUT2D eigenvalue weighted by Gasteiger charge is -2.18. The van der Waals surface area contributed by atoms with Gasteiger partial charge in [-0.2, -0.15) is 5.26 Å². The number of nitrogens with zero attached hydrogens (tertiary/aromatic N) is 2. The number of likely N-dealkylation sites (N-methyl/N-ethyl adjacent to an activating group) is 1. The van der Waals surface area contributed by atoms with Crippen LogP contribution in [0.3, 0.4) is 0 Å². The summed E-state index contributed by atoms with van der Waals surface area (Å²) in [6.07, 6.45) is 0. The van der Waals surface area contributed by atoms with Crippen LogP contribution in [0.25, 0.3) is 0 Å². The first-order valence-electron chi connectivity index (χ1n) is 6.80. The molecule has 118 valence electrons. The van der Waals surface area contributed by atoms with Crippen LogP contribution in [-0.4, -0.2) is 24.5 Å². The third-order valence-electron chi connectivity index (χ3n) is 3.19. The van der Waals surface area contributed by atoms with E-state index in [9.17, 15) is 4.79 Å². The normalized spacial score (nSPS) is 10.0. The Hall–Kier alpha value is -2.22. The number of hydrogen-bond donors (Lipinski definition) is 0. The molecule has 2 aromatic rings. The van der Waals surface area contributed by atoms with Crippen molar-refractivity contribution in [2.24, 2.45) is 0 Å². The molecule has 0 heterocycles. The molecule has 0 aliphatic rings. The van der Waals surface area contributed by atoms with Gasteiger partial charge in [0.05, 0.1) is 11.6 Å². The summed E-state index contributed by atoms with van der Waals surface area (Å²) in [6.45, 7) is 0.277. The summed E-state index contributed by atoms with van der Waals surface area (Å²) in [7, 11) is 1.68. The molecule has 2 aromatic carbocycles. The highest BCUT2D eigenvalue weighted by atomic mass is 35.5. The monoisotopic (exact) mass is 348 g/mol. The van der Waals surface area contributed by atoms with E-state index in [1.807, 2.05) is 6.07 Å². The van der Waals surface area contributed by atoms with Crippen LogP contribution in [0.2, 0.25) is 10.0 Å². The van der Waals surface area contributed by atoms with Gasteiger partial charge < -0.3 is 9.64 Å². The van der Waals surface area contributed by atoms with E-state index >= 15 is 0 Å². The molecule has 0 fully saturated rings. The van der Waals surface area contributed by atoms with Crippen molar-refractivity contribution in [3.8, 4) is 11.8 Å². The summed E-state index contributed by atoms with van der Waals surface area (Å²) in [6, 6.07) is 13.8. The van der Waals surface area contributed by atoms with Crippen LogP contribution >= 0.6 is 23.2 Å². The molecule has 6 heteroatoms. The van der Waals surface area contributed by atoms with Gasteiger partial charge in [-0.15, -0.1) is 0 Å². The molecule has 0 N–H and O–H groups in total. The number of rotatable bonds is 5. The molecular formula is C17H14Cl2N2O2. The highest BCUT2D eigenvalue weighted by Crippen LogP contribution is 2.22. The van der Waals surface area contributed by atoms with Crippen LogP contribution < -0.4 is 4.74 Å². The minimum absolute atomic E-state index is 0.0897. The van der Waals surface area contributed by atoms with E-state index in [-0.39, 0.29) is 12.5 Å². The number of benzene rings is 2. The summed E-state index contributed by atoms with van der Waals surface area (Å²) in [5.41, 5.74) is 1.35. The SMILES string of the molecule is CN(Cc1ccc(Cl)cc1Cl)C(=O)COc1ccc(C#N)cc1. The maximum Gasteiger partial charge on any atom is 0.260 e. The number of halogens is 2. The number of ether oxygens (including phenoxy) is 1. The first-order chi connectivity index (χ1) is 11.0. The second kappa shape index (κ2) is 7.87. The molecule has 0 bridgehead atoms. The van der Waals surface area contributed by atoms with Crippen molar-refractivity contribution >= 4 is 29.1 Å². The van der Waals surface area contributed by atoms with Crippen molar-refractivity contribution in [2.45, 2.75) is 6.54 Å². The van der Waals surface area contributed by atoms with Gasteiger partial charge in [0.15, 0.2) is 6.61 Å². The number of carbonyl (C=O) groups is 1. The summed E-state index contributed by atoms with van der Waals surface area (Å²) in [4.78, 5) is 13.6. The maximum atomic E-state index is 12.1. The third kappa shape index (κ3) is 4.88. The van der Waals surface area contributed by atoms with Crippen molar-refractivity contribution in [3.05, 3.63) is 63.6 Å². The quantitative estimate of drug-likeness (QED) is 0.823. The van der Waals surface area contributed by atoms with Crippen LogP contribution in [0.5, 0.6) is 5.75 Å². The zero-order chi connectivity index (χ0) is 16.8.